The SMILES string of the molecule is Cc1ccc(NN=Cc2cc([N+](=O)[O-])cc(Br)c2O)cc1Cl. The molecule has 0 bridgehead atoms. The molecule has 0 saturated carbocycles. The van der Waals surface area contributed by atoms with Crippen molar-refractivity contribution in [2.24, 2.45) is 5.10 Å². The molecule has 2 rings (SSSR count). The van der Waals surface area contributed by atoms with Crippen molar-refractivity contribution in [2.75, 3.05) is 5.43 Å². The molecule has 0 aliphatic heterocycles. The van der Waals surface area contributed by atoms with E-state index in [1.807, 2.05) is 13.0 Å². The highest BCUT2D eigenvalue weighted by atomic mass is 79.9. The lowest BCUT2D eigenvalue weighted by molar-refractivity contribution is -0.385. The first-order chi connectivity index (χ1) is 10.4. The number of halogens is 2. The number of anilines is 1. The van der Waals surface area contributed by atoms with Gasteiger partial charge in [0.25, 0.3) is 5.69 Å². The maximum atomic E-state index is 10.8. The van der Waals surface area contributed by atoms with Crippen molar-refractivity contribution in [2.45, 2.75) is 6.92 Å². The monoisotopic (exact) mass is 383 g/mol. The zero-order valence-electron chi connectivity index (χ0n) is 11.4. The van der Waals surface area contributed by atoms with Crippen LogP contribution in [0, 0.1) is 17.0 Å². The van der Waals surface area contributed by atoms with Crippen LogP contribution in [0.4, 0.5) is 11.4 Å². The zero-order chi connectivity index (χ0) is 16.3. The van der Waals surface area contributed by atoms with Crippen LogP contribution in [0.5, 0.6) is 5.75 Å². The first-order valence-corrected chi connectivity index (χ1v) is 7.27. The summed E-state index contributed by atoms with van der Waals surface area (Å²) in [5, 5.41) is 25.2. The number of non-ortho nitro benzene ring substituents is 1. The van der Waals surface area contributed by atoms with Gasteiger partial charge in [-0.2, -0.15) is 5.10 Å². The van der Waals surface area contributed by atoms with Crippen molar-refractivity contribution in [1.82, 2.24) is 0 Å². The lowest BCUT2D eigenvalue weighted by atomic mass is 10.2. The predicted molar refractivity (Wildman–Crippen MR) is 89.9 cm³/mol. The largest absolute Gasteiger partial charge is 0.506 e. The van der Waals surface area contributed by atoms with E-state index in [9.17, 15) is 15.2 Å². The first-order valence-electron chi connectivity index (χ1n) is 6.10. The first kappa shape index (κ1) is 16.3. The molecule has 0 aromatic heterocycles. The van der Waals surface area contributed by atoms with Gasteiger partial charge in [-0.15, -0.1) is 0 Å². The number of nitro benzene ring substituents is 1. The Bertz CT molecular complexity index is 765. The number of benzene rings is 2. The van der Waals surface area contributed by atoms with Gasteiger partial charge in [-0.05, 0) is 40.5 Å². The Balaban J connectivity index is 2.22. The summed E-state index contributed by atoms with van der Waals surface area (Å²) < 4.78 is 0.224. The average molecular weight is 385 g/mol. The van der Waals surface area contributed by atoms with E-state index in [2.05, 4.69) is 26.5 Å². The molecule has 0 atom stereocenters. The van der Waals surface area contributed by atoms with Crippen LogP contribution in [-0.2, 0) is 0 Å². The van der Waals surface area contributed by atoms with Crippen LogP contribution >= 0.6 is 27.5 Å². The fourth-order valence-corrected chi connectivity index (χ4v) is 2.29. The van der Waals surface area contributed by atoms with Crippen molar-refractivity contribution in [3.05, 3.63) is 61.1 Å². The van der Waals surface area contributed by atoms with Gasteiger partial charge >= 0.3 is 0 Å². The van der Waals surface area contributed by atoms with Gasteiger partial charge in [0.05, 0.1) is 21.3 Å². The van der Waals surface area contributed by atoms with Crippen LogP contribution in [0.3, 0.4) is 0 Å². The number of phenols is 1. The summed E-state index contributed by atoms with van der Waals surface area (Å²) in [7, 11) is 0. The number of hydrogen-bond acceptors (Lipinski definition) is 5. The molecule has 0 saturated heterocycles. The van der Waals surface area contributed by atoms with Gasteiger partial charge in [-0.25, -0.2) is 0 Å². The molecule has 6 nitrogen and oxygen atoms in total. The maximum Gasteiger partial charge on any atom is 0.271 e. The third-order valence-electron chi connectivity index (χ3n) is 2.86. The molecule has 0 spiro atoms. The summed E-state index contributed by atoms with van der Waals surface area (Å²) in [5.74, 6) is -0.127. The average Bonchev–Trinajstić information content (AvgIpc) is 2.46. The number of hydrogen-bond donors (Lipinski definition) is 2. The minimum atomic E-state index is -0.547. The number of aromatic hydroxyl groups is 1. The third-order valence-corrected chi connectivity index (χ3v) is 3.87. The van der Waals surface area contributed by atoms with Crippen molar-refractivity contribution in [1.29, 1.82) is 0 Å². The Labute approximate surface area is 139 Å². The Morgan fingerprint density at radius 1 is 1.41 bits per heavy atom. The van der Waals surface area contributed by atoms with E-state index in [1.54, 1.807) is 12.1 Å². The van der Waals surface area contributed by atoms with Crippen molar-refractivity contribution >= 4 is 45.1 Å². The number of phenolic OH excluding ortho intramolecular Hbond substituents is 1. The highest BCUT2D eigenvalue weighted by Crippen LogP contribution is 2.31. The lowest BCUT2D eigenvalue weighted by Crippen LogP contribution is -1.94. The van der Waals surface area contributed by atoms with Crippen molar-refractivity contribution < 1.29 is 10.0 Å². The van der Waals surface area contributed by atoms with Gasteiger partial charge in [0.1, 0.15) is 5.75 Å². The molecule has 2 aromatic rings. The van der Waals surface area contributed by atoms with Crippen LogP contribution in [0.1, 0.15) is 11.1 Å². The fourth-order valence-electron chi connectivity index (χ4n) is 1.65. The topological polar surface area (TPSA) is 87.8 Å². The van der Waals surface area contributed by atoms with Crippen LogP contribution in [0.15, 0.2) is 39.9 Å². The minimum absolute atomic E-state index is 0.127. The van der Waals surface area contributed by atoms with E-state index in [0.717, 1.165) is 5.56 Å². The molecule has 0 heterocycles. The lowest BCUT2D eigenvalue weighted by Gasteiger charge is -2.04. The summed E-state index contributed by atoms with van der Waals surface area (Å²) in [4.78, 5) is 10.3. The molecule has 0 aliphatic rings. The maximum absolute atomic E-state index is 10.8. The smallest absolute Gasteiger partial charge is 0.271 e. The quantitative estimate of drug-likeness (QED) is 0.462. The molecule has 114 valence electrons. The summed E-state index contributed by atoms with van der Waals surface area (Å²) in [6.45, 7) is 1.88. The van der Waals surface area contributed by atoms with Gasteiger partial charge in [-0.3, -0.25) is 15.5 Å². The number of rotatable bonds is 4. The molecule has 0 unspecified atom stereocenters. The second-order valence-electron chi connectivity index (χ2n) is 4.46. The Hall–Kier alpha value is -2.12. The Morgan fingerprint density at radius 2 is 2.14 bits per heavy atom. The van der Waals surface area contributed by atoms with Gasteiger partial charge < -0.3 is 5.11 Å². The molecule has 2 aromatic carbocycles. The number of aryl methyl sites for hydroxylation is 1. The molecule has 22 heavy (non-hydrogen) atoms. The summed E-state index contributed by atoms with van der Waals surface area (Å²) >= 11 is 9.06. The molecular formula is C14H11BrClN3O3. The standard InChI is InChI=1S/C14H11BrClN3O3/c1-8-2-3-10(5-13(8)16)18-17-7-9-4-11(19(21)22)6-12(15)14(9)20/h2-7,18,20H,1H3. The Morgan fingerprint density at radius 3 is 2.77 bits per heavy atom. The molecule has 2 N–H and O–H groups in total. The summed E-state index contributed by atoms with van der Waals surface area (Å²) in [5.41, 5.74) is 4.42. The molecule has 0 amide bonds. The second kappa shape index (κ2) is 6.76. The van der Waals surface area contributed by atoms with Crippen LogP contribution < -0.4 is 5.43 Å². The summed E-state index contributed by atoms with van der Waals surface area (Å²) in [6.07, 6.45) is 1.29. The number of nitrogens with one attached hydrogen (secondary N) is 1. The fraction of sp³-hybridized carbons (Fsp3) is 0.0714. The molecule has 0 fully saturated rings. The van der Waals surface area contributed by atoms with Gasteiger partial charge in [0, 0.05) is 22.7 Å². The van der Waals surface area contributed by atoms with E-state index in [1.165, 1.54) is 18.3 Å². The van der Waals surface area contributed by atoms with Crippen molar-refractivity contribution in [3.63, 3.8) is 0 Å². The van der Waals surface area contributed by atoms with Gasteiger partial charge in [0.15, 0.2) is 0 Å². The van der Waals surface area contributed by atoms with Gasteiger partial charge in [-0.1, -0.05) is 17.7 Å². The van der Waals surface area contributed by atoms with E-state index in [4.69, 9.17) is 11.6 Å². The highest BCUT2D eigenvalue weighted by Gasteiger charge is 2.13. The van der Waals surface area contributed by atoms with Crippen LogP contribution in [0.25, 0.3) is 0 Å². The number of hydrazone groups is 1. The highest BCUT2D eigenvalue weighted by molar-refractivity contribution is 9.10. The molecule has 0 radical (unpaired) electrons. The van der Waals surface area contributed by atoms with E-state index in [0.29, 0.717) is 10.7 Å². The predicted octanol–water partition coefficient (Wildman–Crippen LogP) is 4.47. The third kappa shape index (κ3) is 3.75. The Kier molecular flexibility index (Phi) is 4.99. The normalized spacial score (nSPS) is 10.9. The number of nitrogens with zero attached hydrogens (tertiary/aromatic N) is 2. The second-order valence-corrected chi connectivity index (χ2v) is 5.72. The van der Waals surface area contributed by atoms with Crippen LogP contribution in [-0.4, -0.2) is 16.2 Å². The van der Waals surface area contributed by atoms with E-state index < -0.39 is 4.92 Å². The molecular weight excluding hydrogens is 374 g/mol. The molecule has 8 heteroatoms. The number of nitro groups is 1. The van der Waals surface area contributed by atoms with E-state index >= 15 is 0 Å². The van der Waals surface area contributed by atoms with Crippen LogP contribution in [0.2, 0.25) is 5.02 Å². The van der Waals surface area contributed by atoms with Crippen molar-refractivity contribution in [3.8, 4) is 5.75 Å². The van der Waals surface area contributed by atoms with E-state index in [-0.39, 0.29) is 21.5 Å². The summed E-state index contributed by atoms with van der Waals surface area (Å²) in [6, 6.07) is 7.79. The molecule has 0 aliphatic carbocycles. The minimum Gasteiger partial charge on any atom is -0.506 e. The van der Waals surface area contributed by atoms with Gasteiger partial charge in [0.2, 0.25) is 0 Å². The zero-order valence-corrected chi connectivity index (χ0v) is 13.7.